The number of hydrogen-bond donors (Lipinski definition) is 0. The van der Waals surface area contributed by atoms with Gasteiger partial charge in [-0.25, -0.2) is 0 Å². The zero-order chi connectivity index (χ0) is 32.8. The van der Waals surface area contributed by atoms with Crippen LogP contribution in [0, 0.1) is 0 Å². The summed E-state index contributed by atoms with van der Waals surface area (Å²) in [6.07, 6.45) is 0. The molecule has 0 saturated carbocycles. The molecule has 8 aromatic carbocycles. The Labute approximate surface area is 289 Å². The minimum atomic E-state index is 1.10. The molecular weight excluding hydrogens is 591 g/mol. The zero-order valence-corrected chi connectivity index (χ0v) is 27.2. The average Bonchev–Trinajstić information content (AvgIpc) is 3.20. The van der Waals surface area contributed by atoms with Crippen LogP contribution in [0.2, 0.25) is 0 Å². The predicted octanol–water partition coefficient (Wildman–Crippen LogP) is 13.5. The summed E-state index contributed by atoms with van der Waals surface area (Å²) in [4.78, 5) is 2.37. The molecule has 0 aliphatic heterocycles. The van der Waals surface area contributed by atoms with Crippen LogP contribution in [0.4, 0.5) is 17.1 Å². The van der Waals surface area contributed by atoms with Gasteiger partial charge in [0, 0.05) is 16.9 Å². The molecule has 0 saturated heterocycles. The highest BCUT2D eigenvalue weighted by Crippen LogP contribution is 2.45. The Morgan fingerprint density at radius 2 is 0.653 bits per heavy atom. The molecule has 8 rings (SSSR count). The molecule has 232 valence electrons. The smallest absolute Gasteiger partial charge is 0.0540 e. The molecule has 8 aromatic rings. The minimum absolute atomic E-state index is 1.10. The summed E-state index contributed by atoms with van der Waals surface area (Å²) in [7, 11) is 0. The Hall–Kier alpha value is -6.44. The van der Waals surface area contributed by atoms with Gasteiger partial charge in [-0.15, -0.1) is 0 Å². The van der Waals surface area contributed by atoms with Crippen molar-refractivity contribution in [1.29, 1.82) is 0 Å². The molecule has 0 fully saturated rings. The normalized spacial score (nSPS) is 10.9. The molecule has 0 amide bonds. The summed E-state index contributed by atoms with van der Waals surface area (Å²) in [5.74, 6) is 0. The van der Waals surface area contributed by atoms with Crippen LogP contribution in [0.25, 0.3) is 55.6 Å². The summed E-state index contributed by atoms with van der Waals surface area (Å²) >= 11 is 0. The molecule has 0 aromatic heterocycles. The maximum atomic E-state index is 2.37. The molecule has 0 bridgehead atoms. The van der Waals surface area contributed by atoms with Crippen LogP contribution in [0.1, 0.15) is 0 Å². The van der Waals surface area contributed by atoms with Crippen molar-refractivity contribution < 1.29 is 0 Å². The van der Waals surface area contributed by atoms with Crippen molar-refractivity contribution in [3.8, 4) is 55.6 Å². The van der Waals surface area contributed by atoms with E-state index in [1.54, 1.807) is 0 Å². The average molecular weight is 626 g/mol. The van der Waals surface area contributed by atoms with E-state index in [0.717, 1.165) is 17.1 Å². The molecule has 0 atom stereocenters. The van der Waals surface area contributed by atoms with Crippen molar-refractivity contribution >= 4 is 17.1 Å². The lowest BCUT2D eigenvalue weighted by Gasteiger charge is -2.29. The fourth-order valence-corrected chi connectivity index (χ4v) is 6.75. The van der Waals surface area contributed by atoms with Crippen molar-refractivity contribution in [3.05, 3.63) is 212 Å². The minimum Gasteiger partial charge on any atom is -0.310 e. The Bertz CT molecular complexity index is 2280. The van der Waals surface area contributed by atoms with E-state index in [0.29, 0.717) is 0 Å². The quantitative estimate of drug-likeness (QED) is 0.162. The van der Waals surface area contributed by atoms with Crippen molar-refractivity contribution in [1.82, 2.24) is 0 Å². The summed E-state index contributed by atoms with van der Waals surface area (Å²) in [5.41, 5.74) is 15.3. The van der Waals surface area contributed by atoms with Crippen molar-refractivity contribution in [2.75, 3.05) is 4.90 Å². The van der Waals surface area contributed by atoms with Gasteiger partial charge in [0.2, 0.25) is 0 Å². The third-order valence-corrected chi connectivity index (χ3v) is 9.09. The fraction of sp³-hybridized carbons (Fsp3) is 0. The molecule has 0 aliphatic rings. The SMILES string of the molecule is c1ccc(-c2ccc(N(c3ccccc3)c3ccc(-c4cccc(-c5ccccc5)c4-c4ccccc4)cc3-c3ccccc3)cc2)cc1. The molecule has 1 heteroatoms. The Kier molecular flexibility index (Phi) is 8.39. The van der Waals surface area contributed by atoms with Gasteiger partial charge in [-0.3, -0.25) is 0 Å². The Balaban J connectivity index is 1.33. The number of anilines is 3. The predicted molar refractivity (Wildman–Crippen MR) is 208 cm³/mol. The van der Waals surface area contributed by atoms with Crippen molar-refractivity contribution in [3.63, 3.8) is 0 Å². The van der Waals surface area contributed by atoms with Crippen molar-refractivity contribution in [2.45, 2.75) is 0 Å². The molecule has 49 heavy (non-hydrogen) atoms. The number of hydrogen-bond acceptors (Lipinski definition) is 1. The molecule has 0 heterocycles. The zero-order valence-electron chi connectivity index (χ0n) is 27.2. The standard InChI is InChI=1S/C48H35N/c1-6-17-36(18-7-1)37-29-32-43(33-30-37)49(42-25-14-5-15-26-42)47-34-31-41(35-46(47)39-21-10-3-11-22-39)45-28-16-27-44(38-19-8-2-9-20-38)48(45)40-23-12-4-13-24-40/h1-35H. The van der Waals surface area contributed by atoms with Crippen LogP contribution in [-0.2, 0) is 0 Å². The molecule has 0 unspecified atom stereocenters. The second kappa shape index (κ2) is 13.7. The van der Waals surface area contributed by atoms with Gasteiger partial charge in [0.25, 0.3) is 0 Å². The Morgan fingerprint density at radius 3 is 1.22 bits per heavy atom. The summed E-state index contributed by atoms with van der Waals surface area (Å²) < 4.78 is 0. The van der Waals surface area contributed by atoms with Crippen LogP contribution in [-0.4, -0.2) is 0 Å². The third-order valence-electron chi connectivity index (χ3n) is 9.09. The van der Waals surface area contributed by atoms with Gasteiger partial charge >= 0.3 is 0 Å². The number of benzene rings is 8. The van der Waals surface area contributed by atoms with Gasteiger partial charge in [0.05, 0.1) is 5.69 Å². The Morgan fingerprint density at radius 1 is 0.245 bits per heavy atom. The van der Waals surface area contributed by atoms with Gasteiger partial charge in [-0.05, 0) is 86.5 Å². The highest BCUT2D eigenvalue weighted by atomic mass is 15.1. The van der Waals surface area contributed by atoms with E-state index in [1.807, 2.05) is 0 Å². The summed E-state index contributed by atoms with van der Waals surface area (Å²) in [6.45, 7) is 0. The lowest BCUT2D eigenvalue weighted by molar-refractivity contribution is 1.28. The maximum absolute atomic E-state index is 2.37. The van der Waals surface area contributed by atoms with Crippen LogP contribution in [0.15, 0.2) is 212 Å². The molecule has 0 aliphatic carbocycles. The molecular formula is C48H35N. The highest BCUT2D eigenvalue weighted by Gasteiger charge is 2.20. The second-order valence-electron chi connectivity index (χ2n) is 12.1. The highest BCUT2D eigenvalue weighted by molar-refractivity contribution is 5.97. The van der Waals surface area contributed by atoms with Gasteiger partial charge in [-0.2, -0.15) is 0 Å². The van der Waals surface area contributed by atoms with Crippen LogP contribution < -0.4 is 4.90 Å². The maximum Gasteiger partial charge on any atom is 0.0540 e. The van der Waals surface area contributed by atoms with E-state index in [1.165, 1.54) is 55.6 Å². The van der Waals surface area contributed by atoms with E-state index in [2.05, 4.69) is 217 Å². The molecule has 0 spiro atoms. The number of para-hydroxylation sites is 1. The fourth-order valence-electron chi connectivity index (χ4n) is 6.75. The van der Waals surface area contributed by atoms with Crippen LogP contribution in [0.3, 0.4) is 0 Å². The first kappa shape index (κ1) is 29.9. The van der Waals surface area contributed by atoms with Gasteiger partial charge < -0.3 is 4.90 Å². The van der Waals surface area contributed by atoms with E-state index in [4.69, 9.17) is 0 Å². The van der Waals surface area contributed by atoms with Gasteiger partial charge in [0.15, 0.2) is 0 Å². The first-order valence-corrected chi connectivity index (χ1v) is 16.8. The first-order chi connectivity index (χ1) is 24.3. The lowest BCUT2D eigenvalue weighted by atomic mass is 9.86. The van der Waals surface area contributed by atoms with E-state index >= 15 is 0 Å². The molecule has 1 nitrogen and oxygen atoms in total. The number of nitrogens with zero attached hydrogens (tertiary/aromatic N) is 1. The second-order valence-corrected chi connectivity index (χ2v) is 12.1. The molecule has 0 N–H and O–H groups in total. The van der Waals surface area contributed by atoms with E-state index < -0.39 is 0 Å². The van der Waals surface area contributed by atoms with Gasteiger partial charge in [-0.1, -0.05) is 176 Å². The van der Waals surface area contributed by atoms with E-state index in [-0.39, 0.29) is 0 Å². The lowest BCUT2D eigenvalue weighted by Crippen LogP contribution is -2.11. The van der Waals surface area contributed by atoms with Crippen LogP contribution in [0.5, 0.6) is 0 Å². The monoisotopic (exact) mass is 625 g/mol. The van der Waals surface area contributed by atoms with E-state index in [9.17, 15) is 0 Å². The van der Waals surface area contributed by atoms with Gasteiger partial charge in [0.1, 0.15) is 0 Å². The first-order valence-electron chi connectivity index (χ1n) is 16.8. The van der Waals surface area contributed by atoms with Crippen molar-refractivity contribution in [2.24, 2.45) is 0 Å². The summed E-state index contributed by atoms with van der Waals surface area (Å²) in [5, 5.41) is 0. The number of rotatable bonds is 8. The topological polar surface area (TPSA) is 3.24 Å². The molecule has 0 radical (unpaired) electrons. The third kappa shape index (κ3) is 6.18. The summed E-state index contributed by atoms with van der Waals surface area (Å²) in [6, 6.07) is 76.0. The largest absolute Gasteiger partial charge is 0.310 e. The van der Waals surface area contributed by atoms with Crippen LogP contribution >= 0.6 is 0 Å².